The van der Waals surface area contributed by atoms with E-state index in [0.717, 1.165) is 18.4 Å². The van der Waals surface area contributed by atoms with E-state index >= 15 is 0 Å². The minimum Gasteiger partial charge on any atom is -0.493 e. The van der Waals surface area contributed by atoms with Gasteiger partial charge in [-0.1, -0.05) is 18.2 Å². The van der Waals surface area contributed by atoms with Crippen LogP contribution >= 0.6 is 0 Å². The van der Waals surface area contributed by atoms with Gasteiger partial charge in [0.1, 0.15) is 0 Å². The Hall–Kier alpha value is -2.99. The van der Waals surface area contributed by atoms with Gasteiger partial charge in [-0.2, -0.15) is 21.6 Å². The Morgan fingerprint density at radius 2 is 1.78 bits per heavy atom. The fourth-order valence-electron chi connectivity index (χ4n) is 2.76. The number of anilines is 1. The van der Waals surface area contributed by atoms with Gasteiger partial charge in [0, 0.05) is 20.2 Å². The van der Waals surface area contributed by atoms with Crippen molar-refractivity contribution in [2.75, 3.05) is 38.9 Å². The first kappa shape index (κ1) is 25.3. The third-order valence-electron chi connectivity index (χ3n) is 4.17. The first-order valence-corrected chi connectivity index (χ1v) is 11.0. The number of nitrogens with zero attached hydrogens (tertiary/aromatic N) is 1. The van der Waals surface area contributed by atoms with Crippen molar-refractivity contribution < 1.29 is 40.0 Å². The van der Waals surface area contributed by atoms with E-state index in [1.54, 1.807) is 6.07 Å². The second-order valence-corrected chi connectivity index (χ2v) is 8.24. The Morgan fingerprint density at radius 3 is 2.38 bits per heavy atom. The molecule has 0 aromatic heterocycles. The Kier molecular flexibility index (Phi) is 8.33. The van der Waals surface area contributed by atoms with Crippen molar-refractivity contribution in [1.82, 2.24) is 4.90 Å². The summed E-state index contributed by atoms with van der Waals surface area (Å²) in [5, 5.41) is 2.28. The molecule has 0 fully saturated rings. The summed E-state index contributed by atoms with van der Waals surface area (Å²) in [4.78, 5) is 14.0. The van der Waals surface area contributed by atoms with Crippen molar-refractivity contribution in [3.05, 3.63) is 53.6 Å². The molecule has 0 heterocycles. The molecule has 0 aliphatic rings. The van der Waals surface area contributed by atoms with E-state index in [1.807, 2.05) is 0 Å². The van der Waals surface area contributed by atoms with Gasteiger partial charge in [0.15, 0.2) is 11.5 Å². The Balaban J connectivity index is 2.29. The average molecular weight is 476 g/mol. The van der Waals surface area contributed by atoms with Crippen LogP contribution in [0.15, 0.2) is 42.5 Å². The highest BCUT2D eigenvalue weighted by molar-refractivity contribution is 7.86. The molecular formula is C20H23F3N2O6S. The van der Waals surface area contributed by atoms with Gasteiger partial charge in [-0.25, -0.2) is 4.79 Å². The molecule has 176 valence electrons. The van der Waals surface area contributed by atoms with Gasteiger partial charge in [0.2, 0.25) is 0 Å². The topological polar surface area (TPSA) is 94.2 Å². The molecule has 0 saturated heterocycles. The molecule has 8 nitrogen and oxygen atoms in total. The number of hydrogen-bond acceptors (Lipinski definition) is 6. The predicted molar refractivity (Wildman–Crippen MR) is 111 cm³/mol. The molecule has 2 rings (SSSR count). The monoisotopic (exact) mass is 476 g/mol. The molecule has 1 N–H and O–H groups in total. The number of ether oxygens (including phenoxy) is 2. The smallest absolute Gasteiger partial charge is 0.418 e. The molecule has 0 unspecified atom stereocenters. The maximum absolute atomic E-state index is 13.2. The van der Waals surface area contributed by atoms with E-state index in [0.29, 0.717) is 5.56 Å². The standard InChI is InChI=1S/C20H23F3N2O6S/c1-29-11-10-25(19(26)24-16-7-5-4-6-15(16)20(21,22)23)13-14-8-9-17(30-2)18(12-14)31-32(3,27)28/h4-9,12H,10-11,13H2,1-3H3,(H,24,26). The highest BCUT2D eigenvalue weighted by Gasteiger charge is 2.34. The fourth-order valence-corrected chi connectivity index (χ4v) is 3.21. The lowest BCUT2D eigenvalue weighted by Crippen LogP contribution is -2.37. The van der Waals surface area contributed by atoms with Crippen LogP contribution < -0.4 is 14.2 Å². The van der Waals surface area contributed by atoms with Crippen LogP contribution in [0.1, 0.15) is 11.1 Å². The lowest BCUT2D eigenvalue weighted by Gasteiger charge is -2.24. The number of para-hydroxylation sites is 1. The minimum absolute atomic E-state index is 0.0603. The highest BCUT2D eigenvalue weighted by Crippen LogP contribution is 2.35. The van der Waals surface area contributed by atoms with Crippen LogP contribution in [0, 0.1) is 0 Å². The lowest BCUT2D eigenvalue weighted by atomic mass is 10.1. The van der Waals surface area contributed by atoms with E-state index < -0.39 is 27.9 Å². The average Bonchev–Trinajstić information content (AvgIpc) is 2.69. The summed E-state index contributed by atoms with van der Waals surface area (Å²) in [6.07, 6.45) is -3.77. The molecular weight excluding hydrogens is 453 g/mol. The van der Waals surface area contributed by atoms with Crippen molar-refractivity contribution in [3.8, 4) is 11.5 Å². The van der Waals surface area contributed by atoms with Crippen LogP contribution in [0.2, 0.25) is 0 Å². The summed E-state index contributed by atoms with van der Waals surface area (Å²) >= 11 is 0. The molecule has 0 radical (unpaired) electrons. The van der Waals surface area contributed by atoms with Gasteiger partial charge in [-0.15, -0.1) is 0 Å². The molecule has 0 saturated carbocycles. The van der Waals surface area contributed by atoms with Gasteiger partial charge < -0.3 is 23.9 Å². The van der Waals surface area contributed by atoms with Gasteiger partial charge in [-0.3, -0.25) is 0 Å². The van der Waals surface area contributed by atoms with Crippen molar-refractivity contribution >= 4 is 21.8 Å². The number of alkyl halides is 3. The second kappa shape index (κ2) is 10.6. The number of rotatable bonds is 9. The first-order chi connectivity index (χ1) is 14.9. The van der Waals surface area contributed by atoms with E-state index in [4.69, 9.17) is 13.7 Å². The molecule has 0 atom stereocenters. The fraction of sp³-hybridized carbons (Fsp3) is 0.350. The minimum atomic E-state index is -4.64. The third kappa shape index (κ3) is 7.31. The molecule has 0 bridgehead atoms. The molecule has 2 aromatic rings. The summed E-state index contributed by atoms with van der Waals surface area (Å²) in [5.41, 5.74) is -0.906. The molecule has 2 amide bonds. The Morgan fingerprint density at radius 1 is 1.09 bits per heavy atom. The number of urea groups is 1. The number of benzene rings is 2. The van der Waals surface area contributed by atoms with E-state index in [1.165, 1.54) is 43.4 Å². The first-order valence-electron chi connectivity index (χ1n) is 9.22. The zero-order valence-corrected chi connectivity index (χ0v) is 18.4. The van der Waals surface area contributed by atoms with Gasteiger partial charge in [0.25, 0.3) is 0 Å². The Bertz CT molecular complexity index is 1040. The summed E-state index contributed by atoms with van der Waals surface area (Å²) in [7, 11) is -1.09. The molecule has 0 aliphatic heterocycles. The largest absolute Gasteiger partial charge is 0.493 e. The van der Waals surface area contributed by atoms with E-state index in [9.17, 15) is 26.4 Å². The number of methoxy groups -OCH3 is 2. The molecule has 12 heteroatoms. The zero-order chi connectivity index (χ0) is 23.9. The summed E-state index contributed by atoms with van der Waals surface area (Å²) in [5.74, 6) is 0.0770. The molecule has 2 aromatic carbocycles. The Labute approximate surface area is 184 Å². The summed E-state index contributed by atoms with van der Waals surface area (Å²) in [6, 6.07) is 8.24. The lowest BCUT2D eigenvalue weighted by molar-refractivity contribution is -0.136. The van der Waals surface area contributed by atoms with Crippen LogP contribution in [-0.4, -0.2) is 53.0 Å². The van der Waals surface area contributed by atoms with Crippen LogP contribution in [0.5, 0.6) is 11.5 Å². The number of carbonyl (C=O) groups excluding carboxylic acids is 1. The van der Waals surface area contributed by atoms with Crippen molar-refractivity contribution in [2.45, 2.75) is 12.7 Å². The number of hydrogen-bond donors (Lipinski definition) is 1. The van der Waals surface area contributed by atoms with Gasteiger partial charge in [-0.05, 0) is 29.8 Å². The maximum Gasteiger partial charge on any atom is 0.418 e. The number of amides is 2. The number of halogens is 3. The van der Waals surface area contributed by atoms with Crippen LogP contribution in [0.25, 0.3) is 0 Å². The van der Waals surface area contributed by atoms with Crippen molar-refractivity contribution in [1.29, 1.82) is 0 Å². The van der Waals surface area contributed by atoms with Crippen molar-refractivity contribution in [3.63, 3.8) is 0 Å². The zero-order valence-electron chi connectivity index (χ0n) is 17.6. The maximum atomic E-state index is 13.2. The second-order valence-electron chi connectivity index (χ2n) is 6.66. The number of carbonyl (C=O) groups is 1. The normalized spacial score (nSPS) is 11.7. The quantitative estimate of drug-likeness (QED) is 0.555. The highest BCUT2D eigenvalue weighted by atomic mass is 32.2. The predicted octanol–water partition coefficient (Wildman–Crippen LogP) is 3.73. The third-order valence-corrected chi connectivity index (χ3v) is 4.65. The van der Waals surface area contributed by atoms with Crippen molar-refractivity contribution in [2.24, 2.45) is 0 Å². The molecule has 0 spiro atoms. The van der Waals surface area contributed by atoms with Crippen LogP contribution in [-0.2, 0) is 27.6 Å². The summed E-state index contributed by atoms with van der Waals surface area (Å²) in [6.45, 7) is 0.121. The van der Waals surface area contributed by atoms with Crippen LogP contribution in [0.4, 0.5) is 23.7 Å². The van der Waals surface area contributed by atoms with Crippen LogP contribution in [0.3, 0.4) is 0 Å². The SMILES string of the molecule is COCCN(Cc1ccc(OC)c(OS(C)(=O)=O)c1)C(=O)Nc1ccccc1C(F)(F)F. The summed E-state index contributed by atoms with van der Waals surface area (Å²) < 4.78 is 77.7. The number of nitrogens with one attached hydrogen (secondary N) is 1. The molecule has 32 heavy (non-hydrogen) atoms. The van der Waals surface area contributed by atoms with Gasteiger partial charge >= 0.3 is 22.3 Å². The van der Waals surface area contributed by atoms with Gasteiger partial charge in [0.05, 0.1) is 31.2 Å². The van der Waals surface area contributed by atoms with E-state index in [-0.39, 0.29) is 36.9 Å². The van der Waals surface area contributed by atoms with E-state index in [2.05, 4.69) is 5.32 Å². The molecule has 0 aliphatic carbocycles.